The first-order valence-corrected chi connectivity index (χ1v) is 28.4. The number of rotatable bonds is 19. The maximum absolute atomic E-state index is 8.08. The molecule has 3 nitrogen and oxygen atoms in total. The molecule has 0 bridgehead atoms. The van der Waals surface area contributed by atoms with Crippen molar-refractivity contribution in [3.05, 3.63) is 30.3 Å². The van der Waals surface area contributed by atoms with Gasteiger partial charge in [0.05, 0.1) is 18.9 Å². The van der Waals surface area contributed by atoms with Crippen LogP contribution >= 0.6 is 0 Å². The minimum atomic E-state index is -2.70. The van der Waals surface area contributed by atoms with Crippen molar-refractivity contribution >= 4 is 38.9 Å². The van der Waals surface area contributed by atoms with E-state index in [1.165, 1.54) is 11.6 Å². The fourth-order valence-corrected chi connectivity index (χ4v) is 20.8. The van der Waals surface area contributed by atoms with E-state index in [1.54, 1.807) is 0 Å². The van der Waals surface area contributed by atoms with Gasteiger partial charge in [-0.05, 0) is 90.8 Å². The fraction of sp³-hybridized carbons (Fsp3) is 0.824. The van der Waals surface area contributed by atoms with E-state index in [-0.39, 0.29) is 21.1 Å². The van der Waals surface area contributed by atoms with Crippen LogP contribution < -0.4 is 5.19 Å². The van der Waals surface area contributed by atoms with E-state index < -0.39 is 33.7 Å². The van der Waals surface area contributed by atoms with Crippen LogP contribution in [0.5, 0.6) is 0 Å². The SMILES string of the molecule is CCCCC(C)(O[Si](C)(c1ccccc1)C(C)(CCC)O[Si](C)(C)C)C(CC)(CC)[SiH](C)OC(C)(CC)[Si](C)(C)C. The predicted molar refractivity (Wildman–Crippen MR) is 194 cm³/mol. The minimum absolute atomic E-state index is 0.00752. The largest absolute Gasteiger partial charge is 0.417 e. The summed E-state index contributed by atoms with van der Waals surface area (Å²) in [7, 11) is -7.89. The molecule has 41 heavy (non-hydrogen) atoms. The van der Waals surface area contributed by atoms with Gasteiger partial charge in [0, 0.05) is 10.3 Å². The summed E-state index contributed by atoms with van der Waals surface area (Å²) >= 11 is 0. The second-order valence-electron chi connectivity index (χ2n) is 15.5. The molecule has 0 spiro atoms. The molecule has 0 radical (unpaired) electrons. The maximum Gasteiger partial charge on any atom is 0.251 e. The Morgan fingerprint density at radius 2 is 1.22 bits per heavy atom. The van der Waals surface area contributed by atoms with E-state index in [1.807, 2.05) is 0 Å². The lowest BCUT2D eigenvalue weighted by molar-refractivity contribution is -0.0189. The van der Waals surface area contributed by atoms with Gasteiger partial charge in [-0.15, -0.1) is 0 Å². The first-order valence-electron chi connectivity index (χ1n) is 16.8. The predicted octanol–water partition coefficient (Wildman–Crippen LogP) is 10.4. The van der Waals surface area contributed by atoms with Gasteiger partial charge in [0.1, 0.15) is 0 Å². The van der Waals surface area contributed by atoms with Crippen molar-refractivity contribution in [1.29, 1.82) is 0 Å². The highest BCUT2D eigenvalue weighted by Crippen LogP contribution is 2.56. The van der Waals surface area contributed by atoms with Crippen LogP contribution in [0.3, 0.4) is 0 Å². The van der Waals surface area contributed by atoms with E-state index in [0.29, 0.717) is 0 Å². The standard InChI is InChI=1S/C34H70O3Si4/c1-17-22-29-31(6,34(20-4,21-5)38(9)35-32(7,19-3)39(10,11)12)36-41(16,30-26-24-23-25-27-30)33(8,28-18-2)37-40(13,14)15/h23-27,38H,17-22,28-29H2,1-16H3. The van der Waals surface area contributed by atoms with Crippen LogP contribution in [0.15, 0.2) is 30.3 Å². The van der Waals surface area contributed by atoms with Gasteiger partial charge in [-0.1, -0.05) is 104 Å². The van der Waals surface area contributed by atoms with Crippen molar-refractivity contribution in [1.82, 2.24) is 0 Å². The Labute approximate surface area is 261 Å². The molecule has 0 N–H and O–H groups in total. The molecular formula is C34H70O3Si4. The second-order valence-corrected chi connectivity index (χ2v) is 32.0. The number of benzene rings is 1. The van der Waals surface area contributed by atoms with Crippen LogP contribution in [0.25, 0.3) is 0 Å². The van der Waals surface area contributed by atoms with Crippen molar-refractivity contribution in [2.45, 2.75) is 180 Å². The smallest absolute Gasteiger partial charge is 0.251 e. The Bertz CT molecular complexity index is 911. The molecule has 0 aromatic heterocycles. The van der Waals surface area contributed by atoms with Crippen molar-refractivity contribution in [3.8, 4) is 0 Å². The zero-order valence-corrected chi connectivity index (χ0v) is 34.5. The average molecular weight is 639 g/mol. The van der Waals surface area contributed by atoms with Crippen LogP contribution in [0, 0.1) is 0 Å². The summed E-state index contributed by atoms with van der Waals surface area (Å²) in [5.41, 5.74) is -0.305. The van der Waals surface area contributed by atoms with Crippen molar-refractivity contribution < 1.29 is 13.3 Å². The molecule has 0 saturated carbocycles. The van der Waals surface area contributed by atoms with E-state index in [2.05, 4.69) is 138 Å². The van der Waals surface area contributed by atoms with Gasteiger partial charge in [0.2, 0.25) is 0 Å². The topological polar surface area (TPSA) is 27.7 Å². The van der Waals surface area contributed by atoms with Gasteiger partial charge in [-0.2, -0.15) is 0 Å². The van der Waals surface area contributed by atoms with Crippen LogP contribution in [0.4, 0.5) is 0 Å². The second kappa shape index (κ2) is 14.8. The highest BCUT2D eigenvalue weighted by Gasteiger charge is 2.60. The molecule has 7 heteroatoms. The van der Waals surface area contributed by atoms with Gasteiger partial charge in [-0.3, -0.25) is 0 Å². The van der Waals surface area contributed by atoms with E-state index in [4.69, 9.17) is 13.3 Å². The molecule has 0 heterocycles. The van der Waals surface area contributed by atoms with Gasteiger partial charge in [0.25, 0.3) is 8.32 Å². The van der Waals surface area contributed by atoms with E-state index in [0.717, 1.165) is 44.9 Å². The molecule has 0 saturated heterocycles. The summed E-state index contributed by atoms with van der Waals surface area (Å²) in [4.78, 5) is 0. The summed E-state index contributed by atoms with van der Waals surface area (Å²) < 4.78 is 22.8. The summed E-state index contributed by atoms with van der Waals surface area (Å²) in [5, 5.41) is 1.01. The summed E-state index contributed by atoms with van der Waals surface area (Å²) in [5.74, 6) is 0. The summed E-state index contributed by atoms with van der Waals surface area (Å²) in [6.45, 7) is 38.5. The first kappa shape index (κ1) is 39.0. The Morgan fingerprint density at radius 1 is 0.683 bits per heavy atom. The molecule has 0 aliphatic heterocycles. The molecule has 0 aliphatic carbocycles. The molecule has 0 fully saturated rings. The Kier molecular flexibility index (Phi) is 14.1. The minimum Gasteiger partial charge on any atom is -0.417 e. The van der Waals surface area contributed by atoms with E-state index >= 15 is 0 Å². The Hall–Kier alpha value is -0.0325. The van der Waals surface area contributed by atoms with Crippen molar-refractivity contribution in [2.75, 3.05) is 0 Å². The van der Waals surface area contributed by atoms with E-state index in [9.17, 15) is 0 Å². The highest BCUT2D eigenvalue weighted by molar-refractivity contribution is 6.89. The average Bonchev–Trinajstić information content (AvgIpc) is 2.87. The Balaban J connectivity index is 3.99. The van der Waals surface area contributed by atoms with Crippen LogP contribution in [-0.2, 0) is 13.3 Å². The molecule has 0 aliphatic rings. The molecule has 5 atom stereocenters. The molecule has 240 valence electrons. The Morgan fingerprint density at radius 3 is 1.61 bits per heavy atom. The molecule has 0 amide bonds. The fourth-order valence-electron chi connectivity index (χ4n) is 7.43. The molecule has 1 aromatic rings. The monoisotopic (exact) mass is 638 g/mol. The van der Waals surface area contributed by atoms with Gasteiger partial charge < -0.3 is 13.3 Å². The number of hydrogen-bond donors (Lipinski definition) is 0. The number of hydrogen-bond acceptors (Lipinski definition) is 3. The third-order valence-corrected chi connectivity index (χ3v) is 24.5. The molecule has 1 rings (SSSR count). The van der Waals surface area contributed by atoms with Gasteiger partial charge in [-0.25, -0.2) is 0 Å². The molecule has 1 aromatic carbocycles. The third kappa shape index (κ3) is 8.58. The zero-order valence-electron chi connectivity index (χ0n) is 30.3. The lowest BCUT2D eigenvalue weighted by Crippen LogP contribution is -2.72. The lowest BCUT2D eigenvalue weighted by Gasteiger charge is -2.59. The highest BCUT2D eigenvalue weighted by atomic mass is 28.4. The number of unbranched alkanes of at least 4 members (excludes halogenated alkanes) is 1. The quantitative estimate of drug-likeness (QED) is 0.141. The third-order valence-electron chi connectivity index (χ3n) is 10.8. The van der Waals surface area contributed by atoms with Crippen LogP contribution in [-0.4, -0.2) is 49.8 Å². The van der Waals surface area contributed by atoms with Gasteiger partial charge in [0.15, 0.2) is 17.4 Å². The van der Waals surface area contributed by atoms with Crippen molar-refractivity contribution in [2.24, 2.45) is 0 Å². The summed E-state index contributed by atoms with van der Waals surface area (Å²) in [6.07, 6.45) is 8.73. The van der Waals surface area contributed by atoms with Gasteiger partial charge >= 0.3 is 0 Å². The van der Waals surface area contributed by atoms with Crippen LogP contribution in [0.2, 0.25) is 57.4 Å². The molecule has 5 unspecified atom stereocenters. The first-order chi connectivity index (χ1) is 18.7. The van der Waals surface area contributed by atoms with Crippen molar-refractivity contribution in [3.63, 3.8) is 0 Å². The molecular weight excluding hydrogens is 569 g/mol. The lowest BCUT2D eigenvalue weighted by atomic mass is 9.80. The normalized spacial score (nSPS) is 20.0. The maximum atomic E-state index is 8.08. The van der Waals surface area contributed by atoms with Crippen LogP contribution in [0.1, 0.15) is 107 Å². The summed E-state index contributed by atoms with van der Waals surface area (Å²) in [6, 6.07) is 11.2. The zero-order chi connectivity index (χ0) is 32.0.